The van der Waals surface area contributed by atoms with Gasteiger partial charge in [0, 0.05) is 26.1 Å². The van der Waals surface area contributed by atoms with Crippen LogP contribution < -0.4 is 4.72 Å². The van der Waals surface area contributed by atoms with Crippen molar-refractivity contribution >= 4 is 37.4 Å². The minimum atomic E-state index is -3.80. The molecule has 0 aromatic heterocycles. The summed E-state index contributed by atoms with van der Waals surface area (Å²) >= 11 is 5.89. The number of sulfonamides is 1. The van der Waals surface area contributed by atoms with Crippen LogP contribution in [-0.2, 0) is 24.7 Å². The Kier molecular flexibility index (Phi) is 5.90. The van der Waals surface area contributed by atoms with E-state index in [1.165, 1.54) is 24.0 Å². The van der Waals surface area contributed by atoms with Crippen molar-refractivity contribution in [2.45, 2.75) is 24.3 Å². The van der Waals surface area contributed by atoms with Crippen LogP contribution in [0.15, 0.2) is 29.2 Å². The molecule has 1 aromatic rings. The first-order valence-electron chi connectivity index (χ1n) is 7.34. The number of nitrogens with one attached hydrogen (secondary N) is 1. The Hall–Kier alpha value is -1.16. The lowest BCUT2D eigenvalue weighted by Crippen LogP contribution is -2.44. The van der Waals surface area contributed by atoms with Crippen molar-refractivity contribution in [1.82, 2.24) is 9.62 Å². The molecule has 0 spiro atoms. The van der Waals surface area contributed by atoms with Crippen molar-refractivity contribution in [1.29, 1.82) is 0 Å². The molecule has 24 heavy (non-hydrogen) atoms. The molecule has 10 heteroatoms. The summed E-state index contributed by atoms with van der Waals surface area (Å²) in [4.78, 5) is 13.1. The van der Waals surface area contributed by atoms with Gasteiger partial charge >= 0.3 is 0 Å². The predicted molar refractivity (Wildman–Crippen MR) is 91.1 cm³/mol. The van der Waals surface area contributed by atoms with Crippen molar-refractivity contribution in [3.05, 3.63) is 29.3 Å². The molecule has 1 fully saturated rings. The molecular formula is C14H19ClN2O5S2. The van der Waals surface area contributed by atoms with Gasteiger partial charge in [-0.1, -0.05) is 23.7 Å². The second-order valence-corrected chi connectivity index (χ2v) is 9.97. The second kappa shape index (κ2) is 7.38. The fourth-order valence-corrected chi connectivity index (χ4v) is 5.93. The molecule has 0 radical (unpaired) electrons. The summed E-state index contributed by atoms with van der Waals surface area (Å²) in [5.74, 6) is -0.314. The summed E-state index contributed by atoms with van der Waals surface area (Å²) in [6, 6.07) is 5.64. The zero-order valence-electron chi connectivity index (χ0n) is 13.1. The van der Waals surface area contributed by atoms with E-state index in [-0.39, 0.29) is 40.4 Å². The van der Waals surface area contributed by atoms with Crippen LogP contribution in [0.5, 0.6) is 0 Å². The number of halogens is 1. The van der Waals surface area contributed by atoms with Crippen LogP contribution in [0.3, 0.4) is 0 Å². The lowest BCUT2D eigenvalue weighted by atomic mass is 10.2. The maximum absolute atomic E-state index is 12.2. The van der Waals surface area contributed by atoms with E-state index in [1.54, 1.807) is 12.1 Å². The zero-order chi connectivity index (χ0) is 18.0. The molecule has 1 saturated heterocycles. The molecule has 2 rings (SSSR count). The van der Waals surface area contributed by atoms with Crippen LogP contribution in [-0.4, -0.2) is 58.3 Å². The van der Waals surface area contributed by atoms with E-state index in [0.717, 1.165) is 0 Å². The van der Waals surface area contributed by atoms with Crippen LogP contribution >= 0.6 is 11.6 Å². The highest BCUT2D eigenvalue weighted by Crippen LogP contribution is 2.20. The number of sulfone groups is 1. The minimum absolute atomic E-state index is 0.0241. The number of carbonyl (C=O) groups is 1. The van der Waals surface area contributed by atoms with E-state index < -0.39 is 25.9 Å². The smallest absolute Gasteiger partial charge is 0.242 e. The van der Waals surface area contributed by atoms with Gasteiger partial charge in [-0.15, -0.1) is 0 Å². The largest absolute Gasteiger partial charge is 0.338 e. The third kappa shape index (κ3) is 4.69. The second-order valence-electron chi connectivity index (χ2n) is 5.60. The SMILES string of the molecule is CC(=O)N(CCNS(=O)(=O)c1ccccc1Cl)C1CCS(=O)(=O)C1. The average molecular weight is 395 g/mol. The van der Waals surface area contributed by atoms with E-state index in [9.17, 15) is 21.6 Å². The average Bonchev–Trinajstić information content (AvgIpc) is 2.83. The zero-order valence-corrected chi connectivity index (χ0v) is 15.5. The highest BCUT2D eigenvalue weighted by molar-refractivity contribution is 7.91. The molecule has 0 saturated carbocycles. The number of hydrogen-bond donors (Lipinski definition) is 1. The number of hydrogen-bond acceptors (Lipinski definition) is 5. The normalized spacial score (nSPS) is 20.0. The maximum atomic E-state index is 12.2. The van der Waals surface area contributed by atoms with E-state index in [0.29, 0.717) is 6.42 Å². The monoisotopic (exact) mass is 394 g/mol. The van der Waals surface area contributed by atoms with E-state index in [1.807, 2.05) is 0 Å². The first kappa shape index (κ1) is 19.2. The fraction of sp³-hybridized carbons (Fsp3) is 0.500. The molecule has 0 aliphatic carbocycles. The standard InChI is InChI=1S/C14H19ClN2O5S2/c1-11(18)17(12-6-9-23(19,20)10-12)8-7-16-24(21,22)14-5-3-2-4-13(14)15/h2-5,12,16H,6-10H2,1H3. The first-order chi connectivity index (χ1) is 11.1. The third-order valence-electron chi connectivity index (χ3n) is 3.82. The van der Waals surface area contributed by atoms with Crippen molar-refractivity contribution in [3.63, 3.8) is 0 Å². The molecule has 1 aliphatic heterocycles. The van der Waals surface area contributed by atoms with Crippen molar-refractivity contribution in [2.75, 3.05) is 24.6 Å². The van der Waals surface area contributed by atoms with Crippen LogP contribution in [0.25, 0.3) is 0 Å². The predicted octanol–water partition coefficient (Wildman–Crippen LogP) is 0.654. The van der Waals surface area contributed by atoms with Crippen molar-refractivity contribution in [2.24, 2.45) is 0 Å². The molecule has 1 heterocycles. The summed E-state index contributed by atoms with van der Waals surface area (Å²) in [6.07, 6.45) is 0.374. The lowest BCUT2D eigenvalue weighted by molar-refractivity contribution is -0.130. The van der Waals surface area contributed by atoms with Gasteiger partial charge in [0.1, 0.15) is 4.90 Å². The van der Waals surface area contributed by atoms with Gasteiger partial charge < -0.3 is 4.90 Å². The summed E-state index contributed by atoms with van der Waals surface area (Å²) < 4.78 is 50.0. The molecule has 1 aromatic carbocycles. The Morgan fingerprint density at radius 2 is 2.04 bits per heavy atom. The van der Waals surface area contributed by atoms with Crippen LogP contribution in [0, 0.1) is 0 Å². The van der Waals surface area contributed by atoms with Gasteiger partial charge in [0.25, 0.3) is 0 Å². The number of rotatable bonds is 6. The molecule has 7 nitrogen and oxygen atoms in total. The van der Waals surface area contributed by atoms with Crippen LogP contribution in [0.1, 0.15) is 13.3 Å². The first-order valence-corrected chi connectivity index (χ1v) is 11.0. The number of carbonyl (C=O) groups excluding carboxylic acids is 1. The summed E-state index contributed by atoms with van der Waals surface area (Å²) in [6.45, 7) is 1.41. The minimum Gasteiger partial charge on any atom is -0.338 e. The fourth-order valence-electron chi connectivity index (χ4n) is 2.66. The summed E-state index contributed by atoms with van der Waals surface area (Å²) in [5.41, 5.74) is 0. The highest BCUT2D eigenvalue weighted by Gasteiger charge is 2.33. The Morgan fingerprint density at radius 3 is 2.58 bits per heavy atom. The van der Waals surface area contributed by atoms with E-state index in [2.05, 4.69) is 4.72 Å². The molecule has 1 amide bonds. The Labute approximate surface area is 147 Å². The molecule has 1 atom stereocenters. The quantitative estimate of drug-likeness (QED) is 0.763. The Morgan fingerprint density at radius 1 is 1.38 bits per heavy atom. The van der Waals surface area contributed by atoms with Gasteiger partial charge in [-0.2, -0.15) is 0 Å². The third-order valence-corrected chi connectivity index (χ3v) is 7.54. The van der Waals surface area contributed by atoms with E-state index in [4.69, 9.17) is 11.6 Å². The van der Waals surface area contributed by atoms with Gasteiger partial charge in [-0.3, -0.25) is 4.79 Å². The summed E-state index contributed by atoms with van der Waals surface area (Å²) in [5, 5.41) is 0.107. The molecule has 1 aliphatic rings. The van der Waals surface area contributed by atoms with Crippen LogP contribution in [0.4, 0.5) is 0 Å². The van der Waals surface area contributed by atoms with Crippen molar-refractivity contribution < 1.29 is 21.6 Å². The molecule has 1 unspecified atom stereocenters. The van der Waals surface area contributed by atoms with Crippen molar-refractivity contribution in [3.8, 4) is 0 Å². The van der Waals surface area contributed by atoms with Gasteiger partial charge in [-0.25, -0.2) is 21.6 Å². The van der Waals surface area contributed by atoms with Gasteiger partial charge in [-0.05, 0) is 18.6 Å². The van der Waals surface area contributed by atoms with Gasteiger partial charge in [0.2, 0.25) is 15.9 Å². The number of nitrogens with zero attached hydrogens (tertiary/aromatic N) is 1. The number of amides is 1. The highest BCUT2D eigenvalue weighted by atomic mass is 35.5. The molecular weight excluding hydrogens is 376 g/mol. The Bertz CT molecular complexity index is 823. The maximum Gasteiger partial charge on any atom is 0.242 e. The summed E-state index contributed by atoms with van der Waals surface area (Å²) in [7, 11) is -6.92. The molecule has 1 N–H and O–H groups in total. The van der Waals surface area contributed by atoms with Crippen LogP contribution in [0.2, 0.25) is 5.02 Å². The van der Waals surface area contributed by atoms with Gasteiger partial charge in [0.05, 0.1) is 16.5 Å². The molecule has 0 bridgehead atoms. The lowest BCUT2D eigenvalue weighted by Gasteiger charge is -2.27. The van der Waals surface area contributed by atoms with E-state index >= 15 is 0 Å². The topological polar surface area (TPSA) is 101 Å². The molecule has 134 valence electrons. The number of benzene rings is 1. The van der Waals surface area contributed by atoms with Gasteiger partial charge in [0.15, 0.2) is 9.84 Å². The Balaban J connectivity index is 2.01.